The zero-order valence-electron chi connectivity index (χ0n) is 11.7. The Balaban J connectivity index is 1.88. The van der Waals surface area contributed by atoms with Gasteiger partial charge in [0.15, 0.2) is 9.84 Å². The molecule has 0 aliphatic carbocycles. The van der Waals surface area contributed by atoms with E-state index < -0.39 is 9.84 Å². The van der Waals surface area contributed by atoms with Crippen LogP contribution in [0, 0.1) is 5.92 Å². The third kappa shape index (κ3) is 4.93. The van der Waals surface area contributed by atoms with Crippen LogP contribution in [-0.2, 0) is 14.6 Å². The van der Waals surface area contributed by atoms with E-state index in [0.29, 0.717) is 12.1 Å². The lowest BCUT2D eigenvalue weighted by molar-refractivity contribution is -0.121. The molecular formula is C14H17BrN2O3S. The minimum absolute atomic E-state index is 0.0850. The number of amides is 1. The van der Waals surface area contributed by atoms with Crippen molar-refractivity contribution in [3.63, 3.8) is 0 Å². The van der Waals surface area contributed by atoms with Crippen LogP contribution in [0.5, 0.6) is 0 Å². The molecule has 1 saturated heterocycles. The average molecular weight is 373 g/mol. The van der Waals surface area contributed by atoms with Crippen LogP contribution < -0.4 is 5.43 Å². The molecule has 0 unspecified atom stereocenters. The quantitative estimate of drug-likeness (QED) is 0.649. The molecule has 1 heterocycles. The molecule has 1 aliphatic rings. The Morgan fingerprint density at radius 3 is 2.62 bits per heavy atom. The number of hydrogen-bond donors (Lipinski definition) is 1. The van der Waals surface area contributed by atoms with Crippen LogP contribution in [0.3, 0.4) is 0 Å². The van der Waals surface area contributed by atoms with Crippen LogP contribution in [0.25, 0.3) is 0 Å². The van der Waals surface area contributed by atoms with Crippen LogP contribution in [-0.4, -0.2) is 31.5 Å². The molecule has 114 valence electrons. The Bertz CT molecular complexity index is 653. The normalized spacial score (nSPS) is 21.2. The van der Waals surface area contributed by atoms with Crippen LogP contribution in [0.1, 0.15) is 25.3 Å². The van der Waals surface area contributed by atoms with Crippen molar-refractivity contribution in [1.29, 1.82) is 0 Å². The lowest BCUT2D eigenvalue weighted by Gasteiger charge is -2.06. The number of hydrazone groups is 1. The SMILES string of the molecule is C/C(=N/NC(=O)C[C@H]1CCS(=O)(=O)C1)c1ccc(Br)cc1. The second-order valence-electron chi connectivity index (χ2n) is 5.21. The number of carbonyl (C=O) groups is 1. The van der Waals surface area contributed by atoms with Crippen molar-refractivity contribution >= 4 is 37.4 Å². The van der Waals surface area contributed by atoms with Gasteiger partial charge in [0, 0.05) is 10.9 Å². The summed E-state index contributed by atoms with van der Waals surface area (Å²) >= 11 is 3.36. The standard InChI is InChI=1S/C14H17BrN2O3S/c1-10(12-2-4-13(15)5-3-12)16-17-14(18)8-11-6-7-21(19,20)9-11/h2-5,11H,6-9H2,1H3,(H,17,18)/b16-10-/t11-/m1/s1. The molecule has 0 saturated carbocycles. The molecule has 1 amide bonds. The van der Waals surface area contributed by atoms with Crippen molar-refractivity contribution in [2.75, 3.05) is 11.5 Å². The maximum Gasteiger partial charge on any atom is 0.240 e. The molecule has 1 aromatic rings. The van der Waals surface area contributed by atoms with Crippen LogP contribution in [0.4, 0.5) is 0 Å². The predicted molar refractivity (Wildman–Crippen MR) is 85.9 cm³/mol. The Morgan fingerprint density at radius 1 is 1.38 bits per heavy atom. The lowest BCUT2D eigenvalue weighted by Crippen LogP contribution is -2.22. The molecule has 5 nitrogen and oxygen atoms in total. The number of benzene rings is 1. The number of rotatable bonds is 4. The van der Waals surface area contributed by atoms with Gasteiger partial charge in [-0.2, -0.15) is 5.10 Å². The summed E-state index contributed by atoms with van der Waals surface area (Å²) in [6, 6.07) is 7.61. The molecule has 7 heteroatoms. The van der Waals surface area contributed by atoms with E-state index in [0.717, 1.165) is 10.0 Å². The van der Waals surface area contributed by atoms with Gasteiger partial charge >= 0.3 is 0 Å². The predicted octanol–water partition coefficient (Wildman–Crippen LogP) is 2.11. The van der Waals surface area contributed by atoms with Gasteiger partial charge in [-0.25, -0.2) is 13.8 Å². The van der Waals surface area contributed by atoms with Gasteiger partial charge in [-0.1, -0.05) is 28.1 Å². The molecule has 1 atom stereocenters. The van der Waals surface area contributed by atoms with Crippen molar-refractivity contribution in [2.24, 2.45) is 11.0 Å². The van der Waals surface area contributed by atoms with E-state index in [2.05, 4.69) is 26.5 Å². The van der Waals surface area contributed by atoms with Gasteiger partial charge in [-0.3, -0.25) is 4.79 Å². The highest BCUT2D eigenvalue weighted by Crippen LogP contribution is 2.21. The molecule has 21 heavy (non-hydrogen) atoms. The summed E-state index contributed by atoms with van der Waals surface area (Å²) in [7, 11) is -2.94. The third-order valence-corrected chi connectivity index (χ3v) is 5.78. The molecule has 1 fully saturated rings. The van der Waals surface area contributed by atoms with Gasteiger partial charge in [-0.05, 0) is 37.0 Å². The molecular weight excluding hydrogens is 356 g/mol. The first-order chi connectivity index (χ1) is 9.85. The number of nitrogens with one attached hydrogen (secondary N) is 1. The summed E-state index contributed by atoms with van der Waals surface area (Å²) < 4.78 is 23.7. The van der Waals surface area contributed by atoms with Crippen molar-refractivity contribution < 1.29 is 13.2 Å². The minimum atomic E-state index is -2.94. The van der Waals surface area contributed by atoms with Crippen LogP contribution in [0.15, 0.2) is 33.8 Å². The molecule has 0 radical (unpaired) electrons. The Kier molecular flexibility index (Phi) is 5.16. The summed E-state index contributed by atoms with van der Waals surface area (Å²) in [5, 5.41) is 4.05. The minimum Gasteiger partial charge on any atom is -0.273 e. The Hall–Kier alpha value is -1.21. The van der Waals surface area contributed by atoms with Crippen molar-refractivity contribution in [2.45, 2.75) is 19.8 Å². The molecule has 1 aromatic carbocycles. The molecule has 1 N–H and O–H groups in total. The molecule has 0 aromatic heterocycles. The monoisotopic (exact) mass is 372 g/mol. The Labute approximate surface area is 132 Å². The van der Waals surface area contributed by atoms with Gasteiger partial charge < -0.3 is 0 Å². The number of halogens is 1. The van der Waals surface area contributed by atoms with Gasteiger partial charge in [-0.15, -0.1) is 0 Å². The first-order valence-electron chi connectivity index (χ1n) is 6.65. The van der Waals surface area contributed by atoms with Gasteiger partial charge in [0.2, 0.25) is 5.91 Å². The number of nitrogens with zero attached hydrogens (tertiary/aromatic N) is 1. The fourth-order valence-corrected chi connectivity index (χ4v) is 4.37. The number of hydrogen-bond acceptors (Lipinski definition) is 4. The summed E-state index contributed by atoms with van der Waals surface area (Å²) in [5.41, 5.74) is 4.11. The van der Waals surface area contributed by atoms with Crippen molar-refractivity contribution in [1.82, 2.24) is 5.43 Å². The van der Waals surface area contributed by atoms with Crippen LogP contribution >= 0.6 is 15.9 Å². The average Bonchev–Trinajstić information content (AvgIpc) is 2.76. The highest BCUT2D eigenvalue weighted by molar-refractivity contribution is 9.10. The highest BCUT2D eigenvalue weighted by Gasteiger charge is 2.29. The Morgan fingerprint density at radius 2 is 2.05 bits per heavy atom. The van der Waals surface area contributed by atoms with Crippen LogP contribution in [0.2, 0.25) is 0 Å². The summed E-state index contributed by atoms with van der Waals surface area (Å²) in [4.78, 5) is 11.8. The largest absolute Gasteiger partial charge is 0.273 e. The molecule has 0 bridgehead atoms. The van der Waals surface area contributed by atoms with E-state index in [1.165, 1.54) is 0 Å². The molecule has 1 aliphatic heterocycles. The smallest absolute Gasteiger partial charge is 0.240 e. The summed E-state index contributed by atoms with van der Waals surface area (Å²) in [5.74, 6) is -0.0335. The first-order valence-corrected chi connectivity index (χ1v) is 9.27. The van der Waals surface area contributed by atoms with Gasteiger partial charge in [0.1, 0.15) is 0 Å². The van der Waals surface area contributed by atoms with Crippen molar-refractivity contribution in [3.8, 4) is 0 Å². The zero-order valence-corrected chi connectivity index (χ0v) is 14.1. The maximum atomic E-state index is 11.8. The number of sulfone groups is 1. The molecule has 0 spiro atoms. The van der Waals surface area contributed by atoms with Gasteiger partial charge in [0.25, 0.3) is 0 Å². The van der Waals surface area contributed by atoms with Crippen molar-refractivity contribution in [3.05, 3.63) is 34.3 Å². The van der Waals surface area contributed by atoms with Gasteiger partial charge in [0.05, 0.1) is 17.2 Å². The van der Waals surface area contributed by atoms with E-state index in [-0.39, 0.29) is 29.8 Å². The molecule has 2 rings (SSSR count). The zero-order chi connectivity index (χ0) is 15.5. The fraction of sp³-hybridized carbons (Fsp3) is 0.429. The number of carbonyl (C=O) groups excluding carboxylic acids is 1. The second kappa shape index (κ2) is 6.70. The second-order valence-corrected chi connectivity index (χ2v) is 8.36. The third-order valence-electron chi connectivity index (χ3n) is 3.41. The van der Waals surface area contributed by atoms with E-state index in [1.807, 2.05) is 31.2 Å². The highest BCUT2D eigenvalue weighted by atomic mass is 79.9. The van der Waals surface area contributed by atoms with E-state index in [1.54, 1.807) is 0 Å². The topological polar surface area (TPSA) is 75.6 Å². The lowest BCUT2D eigenvalue weighted by atomic mass is 10.1. The van der Waals surface area contributed by atoms with E-state index in [4.69, 9.17) is 0 Å². The maximum absolute atomic E-state index is 11.8. The summed E-state index contributed by atoms with van der Waals surface area (Å²) in [6.07, 6.45) is 0.765. The fourth-order valence-electron chi connectivity index (χ4n) is 2.24. The summed E-state index contributed by atoms with van der Waals surface area (Å²) in [6.45, 7) is 1.81. The first kappa shape index (κ1) is 16.2. The van der Waals surface area contributed by atoms with E-state index >= 15 is 0 Å². The van der Waals surface area contributed by atoms with E-state index in [9.17, 15) is 13.2 Å².